The van der Waals surface area contributed by atoms with Crippen molar-refractivity contribution in [1.82, 2.24) is 0 Å². The number of carbonyl (C=O) groups excluding carboxylic acids is 1. The van der Waals surface area contributed by atoms with Crippen LogP contribution < -0.4 is 0 Å². The summed E-state index contributed by atoms with van der Waals surface area (Å²) in [6.45, 7) is 1.73. The molecule has 104 valence electrons. The van der Waals surface area contributed by atoms with Crippen LogP contribution in [0.15, 0.2) is 58.3 Å². The molecule has 0 saturated carbocycles. The number of esters is 1. The van der Waals surface area contributed by atoms with Crippen molar-refractivity contribution in [3.8, 4) is 0 Å². The molecule has 0 atom stereocenters. The molecule has 2 rings (SSSR count). The number of rotatable bonds is 3. The summed E-state index contributed by atoms with van der Waals surface area (Å²) in [4.78, 5) is 11.9. The highest BCUT2D eigenvalue weighted by Gasteiger charge is 2.20. The predicted molar refractivity (Wildman–Crippen MR) is 74.4 cm³/mol. The summed E-state index contributed by atoms with van der Waals surface area (Å²) in [5.41, 5.74) is 0.924. The number of methoxy groups -OCH3 is 1. The smallest absolute Gasteiger partial charge is 0.338 e. The second kappa shape index (κ2) is 5.46. The van der Waals surface area contributed by atoms with E-state index in [0.29, 0.717) is 5.56 Å². The van der Waals surface area contributed by atoms with Gasteiger partial charge in [0.2, 0.25) is 9.84 Å². The lowest BCUT2D eigenvalue weighted by atomic mass is 10.1. The quantitative estimate of drug-likeness (QED) is 0.815. The minimum absolute atomic E-state index is 0.0784. The van der Waals surface area contributed by atoms with Crippen molar-refractivity contribution in [3.05, 3.63) is 59.7 Å². The fraction of sp³-hybridized carbons (Fsp3) is 0.133. The van der Waals surface area contributed by atoms with Gasteiger partial charge in [-0.1, -0.05) is 24.3 Å². The number of ether oxygens (including phenoxy) is 1. The van der Waals surface area contributed by atoms with Crippen molar-refractivity contribution < 1.29 is 17.9 Å². The zero-order chi connectivity index (χ0) is 14.8. The Hall–Kier alpha value is -2.14. The van der Waals surface area contributed by atoms with Crippen LogP contribution >= 0.6 is 0 Å². The van der Waals surface area contributed by atoms with Gasteiger partial charge in [0.1, 0.15) is 0 Å². The molecule has 0 N–H and O–H groups in total. The molecular weight excluding hydrogens is 276 g/mol. The molecule has 0 heterocycles. The normalized spacial score (nSPS) is 11.1. The molecular formula is C15H14O4S. The second-order valence-corrected chi connectivity index (χ2v) is 6.23. The van der Waals surface area contributed by atoms with E-state index in [2.05, 4.69) is 4.74 Å². The van der Waals surface area contributed by atoms with Gasteiger partial charge in [0.25, 0.3) is 0 Å². The van der Waals surface area contributed by atoms with Crippen molar-refractivity contribution in [2.75, 3.05) is 7.11 Å². The maximum absolute atomic E-state index is 12.5. The van der Waals surface area contributed by atoms with Crippen LogP contribution in [0.2, 0.25) is 0 Å². The van der Waals surface area contributed by atoms with Gasteiger partial charge in [-0.25, -0.2) is 13.2 Å². The molecule has 0 amide bonds. The molecule has 20 heavy (non-hydrogen) atoms. The van der Waals surface area contributed by atoms with Gasteiger partial charge < -0.3 is 4.74 Å². The highest BCUT2D eigenvalue weighted by molar-refractivity contribution is 7.91. The molecule has 0 aliphatic heterocycles. The van der Waals surface area contributed by atoms with Crippen LogP contribution in [-0.4, -0.2) is 21.5 Å². The summed E-state index contributed by atoms with van der Waals surface area (Å²) in [6, 6.07) is 12.5. The molecule has 0 saturated heterocycles. The van der Waals surface area contributed by atoms with Gasteiger partial charge in [0.05, 0.1) is 22.5 Å². The Bertz CT molecular complexity index is 734. The first kappa shape index (κ1) is 14.3. The van der Waals surface area contributed by atoms with E-state index in [0.717, 1.165) is 0 Å². The van der Waals surface area contributed by atoms with Gasteiger partial charge in [-0.15, -0.1) is 0 Å². The molecule has 0 unspecified atom stereocenters. The van der Waals surface area contributed by atoms with Crippen LogP contribution in [-0.2, 0) is 14.6 Å². The molecule has 2 aromatic carbocycles. The number of sulfone groups is 1. The maximum Gasteiger partial charge on any atom is 0.338 e. The Balaban J connectivity index is 2.57. The molecule has 0 aliphatic carbocycles. The molecule has 0 spiro atoms. The average Bonchev–Trinajstić information content (AvgIpc) is 2.47. The molecule has 0 radical (unpaired) electrons. The van der Waals surface area contributed by atoms with E-state index in [-0.39, 0.29) is 15.4 Å². The molecule has 0 bridgehead atoms. The fourth-order valence-corrected chi connectivity index (χ4v) is 3.14. The van der Waals surface area contributed by atoms with E-state index in [1.807, 2.05) is 0 Å². The lowest BCUT2D eigenvalue weighted by molar-refractivity contribution is 0.0599. The minimum atomic E-state index is -3.63. The average molecular weight is 290 g/mol. The van der Waals surface area contributed by atoms with E-state index in [9.17, 15) is 13.2 Å². The van der Waals surface area contributed by atoms with Crippen molar-refractivity contribution in [2.24, 2.45) is 0 Å². The van der Waals surface area contributed by atoms with Gasteiger partial charge in [0, 0.05) is 0 Å². The summed E-state index contributed by atoms with van der Waals surface area (Å²) in [7, 11) is -2.36. The van der Waals surface area contributed by atoms with Crippen molar-refractivity contribution in [3.63, 3.8) is 0 Å². The monoisotopic (exact) mass is 290 g/mol. The third kappa shape index (κ3) is 2.58. The van der Waals surface area contributed by atoms with E-state index in [1.165, 1.54) is 31.4 Å². The van der Waals surface area contributed by atoms with Crippen LogP contribution in [0.4, 0.5) is 0 Å². The topological polar surface area (TPSA) is 60.4 Å². The lowest BCUT2D eigenvalue weighted by Crippen LogP contribution is -2.08. The van der Waals surface area contributed by atoms with Crippen molar-refractivity contribution in [2.45, 2.75) is 16.7 Å². The lowest BCUT2D eigenvalue weighted by Gasteiger charge is -2.08. The van der Waals surface area contributed by atoms with Gasteiger partial charge in [0.15, 0.2) is 0 Å². The van der Waals surface area contributed by atoms with E-state index >= 15 is 0 Å². The van der Waals surface area contributed by atoms with Crippen LogP contribution in [0.1, 0.15) is 15.9 Å². The molecule has 5 heteroatoms. The minimum Gasteiger partial charge on any atom is -0.465 e. The van der Waals surface area contributed by atoms with E-state index in [1.54, 1.807) is 31.2 Å². The Labute approximate surface area is 117 Å². The van der Waals surface area contributed by atoms with Gasteiger partial charge >= 0.3 is 5.97 Å². The van der Waals surface area contributed by atoms with Gasteiger partial charge in [-0.3, -0.25) is 0 Å². The molecule has 2 aromatic rings. The van der Waals surface area contributed by atoms with E-state index in [4.69, 9.17) is 0 Å². The number of aryl methyl sites for hydroxylation is 1. The van der Waals surface area contributed by atoms with Crippen molar-refractivity contribution >= 4 is 15.8 Å². The first-order valence-electron chi connectivity index (χ1n) is 5.96. The maximum atomic E-state index is 12.5. The van der Waals surface area contributed by atoms with Crippen LogP contribution in [0.3, 0.4) is 0 Å². The fourth-order valence-electron chi connectivity index (χ4n) is 1.83. The van der Waals surface area contributed by atoms with Crippen LogP contribution in [0, 0.1) is 6.92 Å². The number of benzene rings is 2. The summed E-state index contributed by atoms with van der Waals surface area (Å²) >= 11 is 0. The van der Waals surface area contributed by atoms with Crippen LogP contribution in [0.25, 0.3) is 0 Å². The summed E-state index contributed by atoms with van der Waals surface area (Å²) in [5.74, 6) is -0.549. The number of hydrogen-bond donors (Lipinski definition) is 0. The number of carbonyl (C=O) groups is 1. The second-order valence-electron chi connectivity index (χ2n) is 4.28. The molecule has 0 aromatic heterocycles. The third-order valence-corrected chi connectivity index (χ3v) is 4.75. The summed E-state index contributed by atoms with van der Waals surface area (Å²) < 4.78 is 29.6. The third-order valence-electron chi connectivity index (χ3n) is 2.98. The molecule has 4 nitrogen and oxygen atoms in total. The standard InChI is InChI=1S/C15H14O4S/c1-11-8-9-13(10-14(11)15(16)19-2)20(17,18)12-6-4-3-5-7-12/h3-10H,1-2H3. The Kier molecular flexibility index (Phi) is 3.90. The Morgan fingerprint density at radius 3 is 2.25 bits per heavy atom. The SMILES string of the molecule is COC(=O)c1cc(S(=O)(=O)c2ccccc2)ccc1C. The highest BCUT2D eigenvalue weighted by Crippen LogP contribution is 2.23. The molecule has 0 fully saturated rings. The van der Waals surface area contributed by atoms with Gasteiger partial charge in [-0.05, 0) is 36.8 Å². The highest BCUT2D eigenvalue weighted by atomic mass is 32.2. The summed E-state index contributed by atoms with van der Waals surface area (Å²) in [6.07, 6.45) is 0. The zero-order valence-corrected chi connectivity index (χ0v) is 12.0. The zero-order valence-electron chi connectivity index (χ0n) is 11.2. The largest absolute Gasteiger partial charge is 0.465 e. The van der Waals surface area contributed by atoms with Crippen LogP contribution in [0.5, 0.6) is 0 Å². The Morgan fingerprint density at radius 2 is 1.65 bits per heavy atom. The first-order chi connectivity index (χ1) is 9.46. The van der Waals surface area contributed by atoms with E-state index < -0.39 is 15.8 Å². The van der Waals surface area contributed by atoms with Gasteiger partial charge in [-0.2, -0.15) is 0 Å². The first-order valence-corrected chi connectivity index (χ1v) is 7.44. The Morgan fingerprint density at radius 1 is 1.00 bits per heavy atom. The summed E-state index contributed by atoms with van der Waals surface area (Å²) in [5, 5.41) is 0. The predicted octanol–water partition coefficient (Wildman–Crippen LogP) is 2.61. The van der Waals surface area contributed by atoms with Crippen molar-refractivity contribution in [1.29, 1.82) is 0 Å². The number of hydrogen-bond acceptors (Lipinski definition) is 4. The molecule has 0 aliphatic rings.